The van der Waals surface area contributed by atoms with Crippen molar-refractivity contribution in [3.8, 4) is 5.75 Å². The van der Waals surface area contributed by atoms with Crippen molar-refractivity contribution >= 4 is 17.7 Å². The van der Waals surface area contributed by atoms with Gasteiger partial charge in [0, 0.05) is 37.7 Å². The molecule has 0 saturated carbocycles. The van der Waals surface area contributed by atoms with Crippen LogP contribution in [0.1, 0.15) is 12.8 Å². The van der Waals surface area contributed by atoms with Gasteiger partial charge < -0.3 is 9.64 Å². The van der Waals surface area contributed by atoms with Crippen molar-refractivity contribution < 1.29 is 9.53 Å². The highest BCUT2D eigenvalue weighted by Crippen LogP contribution is 2.21. The molecule has 2 heterocycles. The van der Waals surface area contributed by atoms with E-state index < -0.39 is 0 Å². The van der Waals surface area contributed by atoms with Gasteiger partial charge >= 0.3 is 0 Å². The van der Waals surface area contributed by atoms with E-state index in [9.17, 15) is 4.79 Å². The fraction of sp³-hybridized carbons (Fsp3) is 0.611. The van der Waals surface area contributed by atoms with Crippen LogP contribution in [0, 0.1) is 5.92 Å². The molecule has 0 aromatic heterocycles. The third kappa shape index (κ3) is 4.88. The molecular formula is C18H26N2O2S. The number of para-hydroxylation sites is 1. The molecule has 4 nitrogen and oxygen atoms in total. The molecule has 5 heteroatoms. The Balaban J connectivity index is 1.43. The van der Waals surface area contributed by atoms with Gasteiger partial charge in [0.1, 0.15) is 12.4 Å². The number of hydrogen-bond donors (Lipinski definition) is 0. The number of ether oxygens (including phenoxy) is 1. The molecule has 3 rings (SSSR count). The highest BCUT2D eigenvalue weighted by atomic mass is 32.2. The first-order valence-electron chi connectivity index (χ1n) is 8.59. The molecule has 0 spiro atoms. The highest BCUT2D eigenvalue weighted by molar-refractivity contribution is 7.99. The quantitative estimate of drug-likeness (QED) is 0.827. The van der Waals surface area contributed by atoms with E-state index in [0.717, 1.165) is 62.8 Å². The summed E-state index contributed by atoms with van der Waals surface area (Å²) in [6.45, 7) is 5.41. The molecule has 1 aromatic rings. The minimum absolute atomic E-state index is 0.184. The zero-order chi connectivity index (χ0) is 15.9. The van der Waals surface area contributed by atoms with Crippen molar-refractivity contribution in [3.63, 3.8) is 0 Å². The summed E-state index contributed by atoms with van der Waals surface area (Å²) in [5.74, 6) is 3.66. The van der Waals surface area contributed by atoms with Gasteiger partial charge in [-0.15, -0.1) is 0 Å². The first kappa shape index (κ1) is 16.7. The number of thioether (sulfide) groups is 1. The predicted octanol–water partition coefficient (Wildman–Crippen LogP) is 2.35. The molecule has 23 heavy (non-hydrogen) atoms. The first-order valence-corrected chi connectivity index (χ1v) is 9.75. The van der Waals surface area contributed by atoms with Crippen molar-refractivity contribution in [2.45, 2.75) is 12.8 Å². The third-order valence-corrected chi connectivity index (χ3v) is 5.54. The number of nitrogens with zero attached hydrogens (tertiary/aromatic N) is 2. The molecule has 126 valence electrons. The molecule has 1 aromatic carbocycles. The van der Waals surface area contributed by atoms with Crippen LogP contribution in [0.4, 0.5) is 0 Å². The van der Waals surface area contributed by atoms with Crippen LogP contribution in [-0.2, 0) is 4.79 Å². The summed E-state index contributed by atoms with van der Waals surface area (Å²) in [6, 6.07) is 9.93. The van der Waals surface area contributed by atoms with E-state index in [2.05, 4.69) is 9.80 Å². The number of hydrogen-bond acceptors (Lipinski definition) is 4. The Morgan fingerprint density at radius 3 is 2.74 bits per heavy atom. The number of benzene rings is 1. The van der Waals surface area contributed by atoms with E-state index in [0.29, 0.717) is 12.5 Å². The van der Waals surface area contributed by atoms with E-state index in [1.165, 1.54) is 0 Å². The SMILES string of the molecule is O=C(C1CCCN(CCOc2ccccc2)C1)N1CCSCC1. The van der Waals surface area contributed by atoms with E-state index in [1.807, 2.05) is 42.1 Å². The first-order chi connectivity index (χ1) is 11.3. The highest BCUT2D eigenvalue weighted by Gasteiger charge is 2.29. The molecule has 0 N–H and O–H groups in total. The molecule has 0 aliphatic carbocycles. The minimum Gasteiger partial charge on any atom is -0.492 e. The van der Waals surface area contributed by atoms with E-state index >= 15 is 0 Å². The molecule has 1 unspecified atom stereocenters. The van der Waals surface area contributed by atoms with E-state index in [4.69, 9.17) is 4.74 Å². The zero-order valence-electron chi connectivity index (χ0n) is 13.7. The Kier molecular flexibility index (Phi) is 6.22. The molecule has 2 saturated heterocycles. The van der Waals surface area contributed by atoms with Gasteiger partial charge in [0.25, 0.3) is 0 Å². The second kappa shape index (κ2) is 8.60. The lowest BCUT2D eigenvalue weighted by molar-refractivity contribution is -0.137. The Labute approximate surface area is 143 Å². The number of rotatable bonds is 5. The lowest BCUT2D eigenvalue weighted by atomic mass is 9.96. The maximum absolute atomic E-state index is 12.7. The summed E-state index contributed by atoms with van der Waals surface area (Å²) in [4.78, 5) is 17.1. The summed E-state index contributed by atoms with van der Waals surface area (Å²) < 4.78 is 5.78. The van der Waals surface area contributed by atoms with Crippen LogP contribution in [0.5, 0.6) is 5.75 Å². The van der Waals surface area contributed by atoms with Crippen molar-refractivity contribution in [1.29, 1.82) is 0 Å². The van der Waals surface area contributed by atoms with Crippen LogP contribution in [0.2, 0.25) is 0 Å². The summed E-state index contributed by atoms with van der Waals surface area (Å²) in [5.41, 5.74) is 0. The van der Waals surface area contributed by atoms with Crippen molar-refractivity contribution in [3.05, 3.63) is 30.3 Å². The van der Waals surface area contributed by atoms with Crippen LogP contribution in [0.3, 0.4) is 0 Å². The predicted molar refractivity (Wildman–Crippen MR) is 95.0 cm³/mol. The molecule has 2 fully saturated rings. The van der Waals surface area contributed by atoms with Crippen molar-refractivity contribution in [2.75, 3.05) is 50.8 Å². The normalized spacial score (nSPS) is 22.8. The smallest absolute Gasteiger partial charge is 0.227 e. The van der Waals surface area contributed by atoms with Gasteiger partial charge in [-0.2, -0.15) is 11.8 Å². The van der Waals surface area contributed by atoms with Crippen LogP contribution in [-0.4, -0.2) is 66.5 Å². The summed E-state index contributed by atoms with van der Waals surface area (Å²) in [7, 11) is 0. The average molecular weight is 334 g/mol. The average Bonchev–Trinajstić information content (AvgIpc) is 2.63. The van der Waals surface area contributed by atoms with Crippen LogP contribution < -0.4 is 4.74 Å². The number of piperidine rings is 1. The minimum atomic E-state index is 0.184. The monoisotopic (exact) mass is 334 g/mol. The van der Waals surface area contributed by atoms with Gasteiger partial charge in [0.2, 0.25) is 5.91 Å². The maximum atomic E-state index is 12.7. The maximum Gasteiger partial charge on any atom is 0.227 e. The van der Waals surface area contributed by atoms with Crippen molar-refractivity contribution in [1.82, 2.24) is 9.80 Å². The summed E-state index contributed by atoms with van der Waals surface area (Å²) >= 11 is 1.95. The number of carbonyl (C=O) groups excluding carboxylic acids is 1. The van der Waals surface area contributed by atoms with Gasteiger partial charge in [0.15, 0.2) is 0 Å². The van der Waals surface area contributed by atoms with Crippen LogP contribution >= 0.6 is 11.8 Å². The Morgan fingerprint density at radius 2 is 1.96 bits per heavy atom. The van der Waals surface area contributed by atoms with Gasteiger partial charge in [0.05, 0.1) is 5.92 Å². The lowest BCUT2D eigenvalue weighted by Gasteiger charge is -2.36. The molecule has 1 amide bonds. The van der Waals surface area contributed by atoms with Gasteiger partial charge in [-0.05, 0) is 31.5 Å². The lowest BCUT2D eigenvalue weighted by Crippen LogP contribution is -2.47. The third-order valence-electron chi connectivity index (χ3n) is 4.60. The topological polar surface area (TPSA) is 32.8 Å². The van der Waals surface area contributed by atoms with E-state index in [-0.39, 0.29) is 5.92 Å². The van der Waals surface area contributed by atoms with Crippen LogP contribution in [0.15, 0.2) is 30.3 Å². The number of likely N-dealkylation sites (tertiary alicyclic amines) is 1. The summed E-state index contributed by atoms with van der Waals surface area (Å²) in [5, 5.41) is 0. The van der Waals surface area contributed by atoms with Gasteiger partial charge in [-0.1, -0.05) is 18.2 Å². The van der Waals surface area contributed by atoms with Gasteiger partial charge in [-0.25, -0.2) is 0 Å². The largest absolute Gasteiger partial charge is 0.492 e. The summed E-state index contributed by atoms with van der Waals surface area (Å²) in [6.07, 6.45) is 2.16. The Bertz CT molecular complexity index is 491. The zero-order valence-corrected chi connectivity index (χ0v) is 14.5. The second-order valence-corrected chi connectivity index (χ2v) is 7.46. The molecule has 2 aliphatic heterocycles. The van der Waals surface area contributed by atoms with Crippen molar-refractivity contribution in [2.24, 2.45) is 5.92 Å². The van der Waals surface area contributed by atoms with Crippen LogP contribution in [0.25, 0.3) is 0 Å². The molecule has 2 aliphatic rings. The molecule has 0 bridgehead atoms. The van der Waals surface area contributed by atoms with Gasteiger partial charge in [-0.3, -0.25) is 9.69 Å². The Morgan fingerprint density at radius 1 is 1.17 bits per heavy atom. The van der Waals surface area contributed by atoms with E-state index in [1.54, 1.807) is 0 Å². The molecular weight excluding hydrogens is 308 g/mol. The number of carbonyl (C=O) groups is 1. The Hall–Kier alpha value is -1.20. The number of amides is 1. The second-order valence-electron chi connectivity index (χ2n) is 6.24. The molecule has 0 radical (unpaired) electrons. The fourth-order valence-corrected chi connectivity index (χ4v) is 4.21. The fourth-order valence-electron chi connectivity index (χ4n) is 3.31. The molecule has 1 atom stereocenters. The standard InChI is InChI=1S/C18H26N2O2S/c21-18(20-10-13-23-14-11-20)16-5-4-8-19(15-16)9-12-22-17-6-2-1-3-7-17/h1-3,6-7,16H,4-5,8-15H2.